The summed E-state index contributed by atoms with van der Waals surface area (Å²) in [5, 5.41) is 9.33. The minimum atomic E-state index is -4.79. The maximum absolute atomic E-state index is 13.7. The van der Waals surface area contributed by atoms with Crippen LogP contribution in [0.15, 0.2) is 0 Å². The number of hydrogen-bond donors (Lipinski definition) is 2. The Morgan fingerprint density at radius 1 is 0.947 bits per heavy atom. The van der Waals surface area contributed by atoms with Gasteiger partial charge in [-0.1, -0.05) is 0 Å². The SMILES string of the molecule is CCOOP(=O)(OOCC)C(CC(=O)NC1C(=O)N2C1SC(C)(C)C2C(=O)O)P(=O)(OOCC)OOCC. The monoisotopic (exact) mass is 608 g/mol. The summed E-state index contributed by atoms with van der Waals surface area (Å²) in [5.74, 6) is -2.73. The number of carboxylic acids is 1. The zero-order valence-corrected chi connectivity index (χ0v) is 24.5. The summed E-state index contributed by atoms with van der Waals surface area (Å²) in [6.07, 6.45) is -0.915. The second-order valence-corrected chi connectivity index (χ2v) is 14.5. The number of carboxylic acid groups (broad SMARTS) is 1. The fraction of sp³-hybridized carbons (Fsp3) is 0.842. The highest BCUT2D eigenvalue weighted by molar-refractivity contribution is 8.01. The zero-order valence-electron chi connectivity index (χ0n) is 21.8. The normalized spacial score (nSPS) is 22.9. The molecule has 220 valence electrons. The zero-order chi connectivity index (χ0) is 28.7. The largest absolute Gasteiger partial charge is 0.480 e. The van der Waals surface area contributed by atoms with Crippen LogP contribution in [0, 0.1) is 0 Å². The van der Waals surface area contributed by atoms with Crippen molar-refractivity contribution < 1.29 is 66.9 Å². The van der Waals surface area contributed by atoms with Gasteiger partial charge in [-0.15, -0.1) is 30.5 Å². The molecule has 19 heteroatoms. The van der Waals surface area contributed by atoms with Gasteiger partial charge in [0, 0.05) is 4.75 Å². The molecule has 2 saturated heterocycles. The molecule has 2 aliphatic heterocycles. The summed E-state index contributed by atoms with van der Waals surface area (Å²) in [6, 6.07) is -2.19. The molecule has 0 bridgehead atoms. The van der Waals surface area contributed by atoms with Gasteiger partial charge >= 0.3 is 21.2 Å². The summed E-state index contributed by atoms with van der Waals surface area (Å²) in [6.45, 7) is 8.88. The molecule has 2 amide bonds. The Balaban J connectivity index is 2.34. The first-order valence-electron chi connectivity index (χ1n) is 11.8. The third-order valence-electron chi connectivity index (χ3n) is 5.19. The van der Waals surface area contributed by atoms with Crippen molar-refractivity contribution in [1.82, 2.24) is 10.2 Å². The van der Waals surface area contributed by atoms with E-state index in [0.29, 0.717) is 0 Å². The van der Waals surface area contributed by atoms with Gasteiger partial charge in [-0.05, 0) is 41.5 Å². The van der Waals surface area contributed by atoms with E-state index in [9.17, 15) is 28.6 Å². The van der Waals surface area contributed by atoms with Crippen molar-refractivity contribution in [3.8, 4) is 0 Å². The van der Waals surface area contributed by atoms with Gasteiger partial charge < -0.3 is 15.3 Å². The molecule has 2 aliphatic rings. The predicted molar refractivity (Wildman–Crippen MR) is 130 cm³/mol. The lowest BCUT2D eigenvalue weighted by molar-refractivity contribution is -0.272. The number of nitrogens with zero attached hydrogens (tertiary/aromatic N) is 1. The lowest BCUT2D eigenvalue weighted by atomic mass is 9.96. The van der Waals surface area contributed by atoms with E-state index >= 15 is 0 Å². The summed E-state index contributed by atoms with van der Waals surface area (Å²) < 4.78 is 46.1. The Hall–Kier alpha value is -1.10. The van der Waals surface area contributed by atoms with Gasteiger partial charge in [0.15, 0.2) is 5.40 Å². The molecule has 16 nitrogen and oxygen atoms in total. The van der Waals surface area contributed by atoms with Crippen LogP contribution in [0.25, 0.3) is 0 Å². The van der Waals surface area contributed by atoms with Gasteiger partial charge in [0.25, 0.3) is 0 Å². The lowest BCUT2D eigenvalue weighted by Gasteiger charge is -2.43. The van der Waals surface area contributed by atoms with Gasteiger partial charge in [-0.3, -0.25) is 18.7 Å². The van der Waals surface area contributed by atoms with Crippen molar-refractivity contribution in [2.24, 2.45) is 0 Å². The van der Waals surface area contributed by atoms with E-state index in [1.54, 1.807) is 13.8 Å². The van der Waals surface area contributed by atoms with E-state index in [1.165, 1.54) is 44.4 Å². The number of rotatable bonds is 18. The topological polar surface area (TPSA) is 195 Å². The Kier molecular flexibility index (Phi) is 12.2. The van der Waals surface area contributed by atoms with Gasteiger partial charge in [0.05, 0.1) is 32.8 Å². The highest BCUT2D eigenvalue weighted by Gasteiger charge is 2.64. The van der Waals surface area contributed by atoms with Gasteiger partial charge in [0.2, 0.25) is 11.8 Å². The quantitative estimate of drug-likeness (QED) is 0.0996. The van der Waals surface area contributed by atoms with Crippen LogP contribution in [0.2, 0.25) is 0 Å². The van der Waals surface area contributed by atoms with Gasteiger partial charge in [-0.25, -0.2) is 24.3 Å². The van der Waals surface area contributed by atoms with E-state index in [0.717, 1.165) is 0 Å². The van der Waals surface area contributed by atoms with Crippen molar-refractivity contribution in [3.05, 3.63) is 0 Å². The van der Waals surface area contributed by atoms with Crippen LogP contribution in [-0.4, -0.2) is 81.8 Å². The molecule has 0 aliphatic carbocycles. The molecule has 3 unspecified atom stereocenters. The molecule has 0 aromatic carbocycles. The molecule has 38 heavy (non-hydrogen) atoms. The van der Waals surface area contributed by atoms with Crippen LogP contribution in [0.1, 0.15) is 48.0 Å². The lowest BCUT2D eigenvalue weighted by Crippen LogP contribution is -2.70. The summed E-state index contributed by atoms with van der Waals surface area (Å²) in [7, 11) is -9.58. The number of carbonyl (C=O) groups excluding carboxylic acids is 2. The molecule has 0 spiro atoms. The number of β-lactam (4-membered cyclic amide) rings is 1. The Morgan fingerprint density at radius 2 is 1.37 bits per heavy atom. The van der Waals surface area contributed by atoms with Crippen LogP contribution in [-0.2, 0) is 61.8 Å². The first-order valence-corrected chi connectivity index (χ1v) is 15.9. The number of thioether (sulfide) groups is 1. The second-order valence-electron chi connectivity index (χ2n) is 8.33. The second kappa shape index (κ2) is 14.0. The molecular weight excluding hydrogens is 574 g/mol. The number of aliphatic carboxylic acids is 1. The maximum atomic E-state index is 13.7. The molecule has 0 radical (unpaired) electrons. The average Bonchev–Trinajstić information content (AvgIpc) is 3.13. The first-order chi connectivity index (χ1) is 17.8. The van der Waals surface area contributed by atoms with E-state index in [4.69, 9.17) is 38.2 Å². The van der Waals surface area contributed by atoms with Crippen LogP contribution < -0.4 is 5.32 Å². The Morgan fingerprint density at radius 3 is 1.74 bits per heavy atom. The number of amides is 2. The molecule has 2 fully saturated rings. The van der Waals surface area contributed by atoms with Crippen molar-refractivity contribution in [3.63, 3.8) is 0 Å². The highest BCUT2D eigenvalue weighted by atomic mass is 32.2. The standard InChI is InChI=1S/C19H34N2O14P2S/c1-7-28-32-36(26,33-29-8-2)13(37(27,34-30-9-3)35-31-10-4)11-12(22)20-14-16(23)21-15(18(24)25)19(5,6)38-17(14)21/h13-15,17H,7-11H2,1-6H3,(H,20,22)(H,24,25). The van der Waals surface area contributed by atoms with Gasteiger partial charge in [-0.2, -0.15) is 0 Å². The molecule has 3 atom stereocenters. The van der Waals surface area contributed by atoms with Crippen LogP contribution in [0.4, 0.5) is 0 Å². The summed E-state index contributed by atoms with van der Waals surface area (Å²) >= 11 is 1.20. The third-order valence-corrected chi connectivity index (χ3v) is 11.5. The van der Waals surface area contributed by atoms with E-state index in [2.05, 4.69) is 5.32 Å². The average molecular weight is 608 g/mol. The first kappa shape index (κ1) is 33.1. The minimum Gasteiger partial charge on any atom is -0.480 e. The van der Waals surface area contributed by atoms with Gasteiger partial charge in [0.1, 0.15) is 17.5 Å². The number of hydrogen-bond acceptors (Lipinski definition) is 14. The number of carbonyl (C=O) groups is 3. The highest BCUT2D eigenvalue weighted by Crippen LogP contribution is 2.72. The van der Waals surface area contributed by atoms with E-state index in [-0.39, 0.29) is 26.4 Å². The molecule has 0 aromatic heterocycles. The summed E-state index contributed by atoms with van der Waals surface area (Å²) in [5.41, 5.74) is 0. The maximum Gasteiger partial charge on any atom is 0.399 e. The van der Waals surface area contributed by atoms with Crippen molar-refractivity contribution >= 4 is 44.7 Å². The Bertz CT molecular complexity index is 894. The van der Waals surface area contributed by atoms with E-state index in [1.807, 2.05) is 0 Å². The summed E-state index contributed by atoms with van der Waals surface area (Å²) in [4.78, 5) is 57.9. The number of fused-ring (bicyclic) bond motifs is 1. The molecule has 2 heterocycles. The Labute approximate surface area is 224 Å². The molecule has 0 saturated carbocycles. The molecule has 2 N–H and O–H groups in total. The van der Waals surface area contributed by atoms with E-state index < -0.39 is 67.0 Å². The van der Waals surface area contributed by atoms with Crippen LogP contribution in [0.3, 0.4) is 0 Å². The predicted octanol–water partition coefficient (Wildman–Crippen LogP) is 2.59. The van der Waals surface area contributed by atoms with Crippen molar-refractivity contribution in [2.75, 3.05) is 26.4 Å². The number of nitrogens with one attached hydrogen (secondary N) is 1. The van der Waals surface area contributed by atoms with Crippen LogP contribution >= 0.6 is 27.0 Å². The smallest absolute Gasteiger partial charge is 0.399 e. The minimum absolute atomic E-state index is 0.118. The van der Waals surface area contributed by atoms with Crippen LogP contribution in [0.5, 0.6) is 0 Å². The molecule has 0 aromatic rings. The fourth-order valence-corrected chi connectivity index (χ4v) is 9.38. The van der Waals surface area contributed by atoms with Crippen molar-refractivity contribution in [2.45, 2.75) is 75.6 Å². The molecule has 2 rings (SSSR count). The van der Waals surface area contributed by atoms with Crippen molar-refractivity contribution in [1.29, 1.82) is 0 Å². The third kappa shape index (κ3) is 7.34. The molecular formula is C19H34N2O14P2S. The fourth-order valence-electron chi connectivity index (χ4n) is 3.67.